The number of fused-ring (bicyclic) bond motifs is 1. The van der Waals surface area contributed by atoms with Crippen molar-refractivity contribution in [3.8, 4) is 17.2 Å². The number of methoxy groups -OCH3 is 2. The molecule has 4 aromatic rings. The molecular formula is C21H19ClN6O3. The van der Waals surface area contributed by atoms with Crippen molar-refractivity contribution in [3.63, 3.8) is 0 Å². The van der Waals surface area contributed by atoms with Crippen LogP contribution in [-0.4, -0.2) is 39.9 Å². The third-order valence-corrected chi connectivity index (χ3v) is 4.94. The van der Waals surface area contributed by atoms with Crippen molar-refractivity contribution in [2.75, 3.05) is 19.6 Å². The maximum Gasteiger partial charge on any atom is 0.269 e. The molecule has 9 nitrogen and oxygen atoms in total. The van der Waals surface area contributed by atoms with Gasteiger partial charge in [0.2, 0.25) is 0 Å². The van der Waals surface area contributed by atoms with Gasteiger partial charge in [0.25, 0.3) is 5.91 Å². The SMILES string of the molecule is COc1ccc(C(=O)NNc2ncnc3c2cnn3-c2cc(Cl)ccc2C)cc1OC. The van der Waals surface area contributed by atoms with Crippen molar-refractivity contribution in [3.05, 3.63) is 65.1 Å². The highest BCUT2D eigenvalue weighted by Gasteiger charge is 2.15. The molecule has 0 saturated carbocycles. The molecule has 1 amide bonds. The highest BCUT2D eigenvalue weighted by Crippen LogP contribution is 2.28. The third kappa shape index (κ3) is 3.95. The molecule has 0 atom stereocenters. The Bertz CT molecular complexity index is 1270. The van der Waals surface area contributed by atoms with Crippen molar-refractivity contribution in [2.45, 2.75) is 6.92 Å². The summed E-state index contributed by atoms with van der Waals surface area (Å²) in [5, 5.41) is 5.66. The van der Waals surface area contributed by atoms with Gasteiger partial charge in [-0.3, -0.25) is 15.6 Å². The Morgan fingerprint density at radius 1 is 1.06 bits per heavy atom. The topological polar surface area (TPSA) is 103 Å². The maximum atomic E-state index is 12.6. The van der Waals surface area contributed by atoms with Gasteiger partial charge in [-0.1, -0.05) is 17.7 Å². The van der Waals surface area contributed by atoms with Crippen LogP contribution in [-0.2, 0) is 0 Å². The predicted octanol–water partition coefficient (Wildman–Crippen LogP) is 3.55. The van der Waals surface area contributed by atoms with Crippen LogP contribution in [0.4, 0.5) is 5.82 Å². The van der Waals surface area contributed by atoms with Crippen molar-refractivity contribution < 1.29 is 14.3 Å². The number of amides is 1. The Labute approximate surface area is 182 Å². The van der Waals surface area contributed by atoms with Gasteiger partial charge < -0.3 is 9.47 Å². The molecule has 0 saturated heterocycles. The van der Waals surface area contributed by atoms with Crippen molar-refractivity contribution in [1.29, 1.82) is 0 Å². The van der Waals surface area contributed by atoms with Gasteiger partial charge in [0.05, 0.1) is 31.5 Å². The van der Waals surface area contributed by atoms with E-state index in [1.165, 1.54) is 20.5 Å². The second-order valence-corrected chi connectivity index (χ2v) is 7.03. The fraction of sp³-hybridized carbons (Fsp3) is 0.143. The van der Waals surface area contributed by atoms with Gasteiger partial charge in [-0.2, -0.15) is 5.10 Å². The Morgan fingerprint density at radius 3 is 2.65 bits per heavy atom. The van der Waals surface area contributed by atoms with Crippen LogP contribution in [0, 0.1) is 6.92 Å². The molecule has 0 radical (unpaired) electrons. The molecule has 0 fully saturated rings. The zero-order chi connectivity index (χ0) is 22.0. The number of benzene rings is 2. The van der Waals surface area contributed by atoms with Gasteiger partial charge in [0.1, 0.15) is 6.33 Å². The second-order valence-electron chi connectivity index (χ2n) is 6.60. The number of hydrazine groups is 1. The van der Waals surface area contributed by atoms with Gasteiger partial charge >= 0.3 is 0 Å². The van der Waals surface area contributed by atoms with E-state index in [0.717, 1.165) is 11.3 Å². The Balaban J connectivity index is 1.59. The first-order chi connectivity index (χ1) is 15.0. The summed E-state index contributed by atoms with van der Waals surface area (Å²) in [6, 6.07) is 10.4. The molecule has 0 aliphatic carbocycles. The lowest BCUT2D eigenvalue weighted by atomic mass is 10.2. The molecule has 0 aliphatic heterocycles. The van der Waals surface area contributed by atoms with E-state index in [4.69, 9.17) is 21.1 Å². The van der Waals surface area contributed by atoms with Crippen LogP contribution >= 0.6 is 11.6 Å². The van der Waals surface area contributed by atoms with Gasteiger partial charge in [-0.05, 0) is 42.8 Å². The van der Waals surface area contributed by atoms with Gasteiger partial charge in [0.15, 0.2) is 23.0 Å². The summed E-state index contributed by atoms with van der Waals surface area (Å²) in [5.74, 6) is 1.03. The Hall–Kier alpha value is -3.85. The molecule has 2 aromatic carbocycles. The molecular weight excluding hydrogens is 420 g/mol. The number of ether oxygens (including phenoxy) is 2. The molecule has 0 aliphatic rings. The second kappa shape index (κ2) is 8.49. The average Bonchev–Trinajstić information content (AvgIpc) is 3.23. The molecule has 10 heteroatoms. The smallest absolute Gasteiger partial charge is 0.269 e. The molecule has 0 bridgehead atoms. The fourth-order valence-corrected chi connectivity index (χ4v) is 3.26. The summed E-state index contributed by atoms with van der Waals surface area (Å²) >= 11 is 6.15. The highest BCUT2D eigenvalue weighted by molar-refractivity contribution is 6.30. The van der Waals surface area contributed by atoms with Gasteiger partial charge in [-0.15, -0.1) is 0 Å². The minimum atomic E-state index is -0.370. The normalized spacial score (nSPS) is 10.7. The van der Waals surface area contributed by atoms with E-state index in [1.807, 2.05) is 25.1 Å². The van der Waals surface area contributed by atoms with Crippen molar-refractivity contribution >= 4 is 34.4 Å². The van der Waals surface area contributed by atoms with E-state index in [9.17, 15) is 4.79 Å². The summed E-state index contributed by atoms with van der Waals surface area (Å²) in [6.45, 7) is 1.96. The third-order valence-electron chi connectivity index (χ3n) is 4.71. The van der Waals surface area contributed by atoms with Crippen molar-refractivity contribution in [1.82, 2.24) is 25.2 Å². The summed E-state index contributed by atoms with van der Waals surface area (Å²) < 4.78 is 12.1. The number of anilines is 1. The number of carbonyl (C=O) groups is 1. The van der Waals surface area contributed by atoms with E-state index < -0.39 is 0 Å². The first kappa shape index (κ1) is 20.4. The van der Waals surface area contributed by atoms with Crippen LogP contribution in [0.15, 0.2) is 48.9 Å². The molecule has 31 heavy (non-hydrogen) atoms. The fourth-order valence-electron chi connectivity index (χ4n) is 3.10. The lowest BCUT2D eigenvalue weighted by Crippen LogP contribution is -2.30. The summed E-state index contributed by atoms with van der Waals surface area (Å²) in [6.07, 6.45) is 3.02. The highest BCUT2D eigenvalue weighted by atomic mass is 35.5. The average molecular weight is 439 g/mol. The lowest BCUT2D eigenvalue weighted by Gasteiger charge is -2.11. The van der Waals surface area contributed by atoms with Crippen LogP contribution in [0.3, 0.4) is 0 Å². The zero-order valence-electron chi connectivity index (χ0n) is 17.0. The van der Waals surface area contributed by atoms with Crippen molar-refractivity contribution in [2.24, 2.45) is 0 Å². The molecule has 0 spiro atoms. The molecule has 158 valence electrons. The minimum Gasteiger partial charge on any atom is -0.493 e. The Kier molecular flexibility index (Phi) is 5.59. The van der Waals surface area contributed by atoms with Crippen LogP contribution in [0.25, 0.3) is 16.7 Å². The standard InChI is InChI=1S/C21H19ClN6O3/c1-12-4-6-14(22)9-16(12)28-20-15(10-25-28)19(23-11-24-20)26-27-21(29)13-5-7-17(30-2)18(8-13)31-3/h4-11H,1-3H3,(H,27,29)(H,23,24,26). The Morgan fingerprint density at radius 2 is 1.87 bits per heavy atom. The quantitative estimate of drug-likeness (QED) is 0.443. The molecule has 4 rings (SSSR count). The summed E-state index contributed by atoms with van der Waals surface area (Å²) in [7, 11) is 3.04. The minimum absolute atomic E-state index is 0.370. The molecule has 0 unspecified atom stereocenters. The largest absolute Gasteiger partial charge is 0.493 e. The number of nitrogens with zero attached hydrogens (tertiary/aromatic N) is 4. The summed E-state index contributed by atoms with van der Waals surface area (Å²) in [5.41, 5.74) is 8.23. The molecule has 2 heterocycles. The summed E-state index contributed by atoms with van der Waals surface area (Å²) in [4.78, 5) is 21.1. The monoisotopic (exact) mass is 438 g/mol. The van der Waals surface area contributed by atoms with Crippen LogP contribution in [0.1, 0.15) is 15.9 Å². The first-order valence-electron chi connectivity index (χ1n) is 9.25. The predicted molar refractivity (Wildman–Crippen MR) is 117 cm³/mol. The molecule has 2 aromatic heterocycles. The van der Waals surface area contributed by atoms with Crippen LogP contribution < -0.4 is 20.3 Å². The van der Waals surface area contributed by atoms with Crippen LogP contribution in [0.5, 0.6) is 11.5 Å². The van der Waals surface area contributed by atoms with E-state index in [1.54, 1.807) is 29.1 Å². The first-order valence-corrected chi connectivity index (χ1v) is 9.63. The number of carbonyl (C=O) groups excluding carboxylic acids is 1. The number of aromatic nitrogens is 4. The zero-order valence-corrected chi connectivity index (χ0v) is 17.8. The van der Waals surface area contributed by atoms with Crippen LogP contribution in [0.2, 0.25) is 5.02 Å². The number of halogens is 1. The number of hydrogen-bond acceptors (Lipinski definition) is 7. The maximum absolute atomic E-state index is 12.6. The van der Waals surface area contributed by atoms with Gasteiger partial charge in [-0.25, -0.2) is 14.6 Å². The number of hydrogen-bond donors (Lipinski definition) is 2. The van der Waals surface area contributed by atoms with E-state index in [2.05, 4.69) is 25.9 Å². The number of rotatable bonds is 6. The lowest BCUT2D eigenvalue weighted by molar-refractivity contribution is 0.0962. The van der Waals surface area contributed by atoms with E-state index >= 15 is 0 Å². The van der Waals surface area contributed by atoms with E-state index in [0.29, 0.717) is 38.9 Å². The number of nitrogens with one attached hydrogen (secondary N) is 2. The molecule has 2 N–H and O–H groups in total. The van der Waals surface area contributed by atoms with Gasteiger partial charge in [0, 0.05) is 10.6 Å². The van der Waals surface area contributed by atoms with E-state index in [-0.39, 0.29) is 5.91 Å². The number of aryl methyl sites for hydroxylation is 1.